The standard InChI is InChI=1S/C10H18N4S/c1-3-5-12-10(11)14-7-9-13-6-8(4-2)15-9/h6H,3-5,7H2,1-2H3,(H3,11,12,14). The lowest BCUT2D eigenvalue weighted by molar-refractivity contribution is 0.825. The Morgan fingerprint density at radius 3 is 3.00 bits per heavy atom. The molecule has 0 radical (unpaired) electrons. The first-order valence-corrected chi connectivity index (χ1v) is 6.05. The highest BCUT2D eigenvalue weighted by molar-refractivity contribution is 7.11. The van der Waals surface area contributed by atoms with Gasteiger partial charge >= 0.3 is 0 Å². The molecule has 0 fully saturated rings. The molecule has 0 saturated carbocycles. The highest BCUT2D eigenvalue weighted by atomic mass is 32.1. The van der Waals surface area contributed by atoms with Gasteiger partial charge in [-0.3, -0.25) is 0 Å². The smallest absolute Gasteiger partial charge is 0.189 e. The Morgan fingerprint density at radius 1 is 1.60 bits per heavy atom. The van der Waals surface area contributed by atoms with Crippen LogP contribution in [-0.4, -0.2) is 17.5 Å². The lowest BCUT2D eigenvalue weighted by Gasteiger charge is -2.01. The van der Waals surface area contributed by atoms with Gasteiger partial charge in [-0.05, 0) is 12.8 Å². The average Bonchev–Trinajstić information content (AvgIpc) is 2.71. The molecule has 0 amide bonds. The third-order valence-corrected chi connectivity index (χ3v) is 3.02. The highest BCUT2D eigenvalue weighted by Crippen LogP contribution is 2.13. The quantitative estimate of drug-likeness (QED) is 0.591. The van der Waals surface area contributed by atoms with Crippen molar-refractivity contribution in [3.05, 3.63) is 16.1 Å². The third-order valence-electron chi connectivity index (χ3n) is 1.89. The Labute approximate surface area is 94.6 Å². The molecule has 3 N–H and O–H groups in total. The average molecular weight is 226 g/mol. The van der Waals surface area contributed by atoms with Gasteiger partial charge in [-0.1, -0.05) is 13.8 Å². The van der Waals surface area contributed by atoms with Gasteiger partial charge in [0.2, 0.25) is 0 Å². The SMILES string of the molecule is CCCNC(N)=NCc1ncc(CC)s1. The summed E-state index contributed by atoms with van der Waals surface area (Å²) < 4.78 is 0. The van der Waals surface area contributed by atoms with Crippen LogP contribution in [0.4, 0.5) is 0 Å². The van der Waals surface area contributed by atoms with Gasteiger partial charge in [-0.2, -0.15) is 0 Å². The van der Waals surface area contributed by atoms with Crippen LogP contribution in [0, 0.1) is 0 Å². The topological polar surface area (TPSA) is 63.3 Å². The van der Waals surface area contributed by atoms with Crippen molar-refractivity contribution in [2.24, 2.45) is 10.7 Å². The fourth-order valence-corrected chi connectivity index (χ4v) is 1.83. The number of hydrogen-bond donors (Lipinski definition) is 2. The van der Waals surface area contributed by atoms with Crippen LogP contribution in [0.5, 0.6) is 0 Å². The number of aromatic nitrogens is 1. The zero-order valence-electron chi connectivity index (χ0n) is 9.29. The molecule has 0 saturated heterocycles. The van der Waals surface area contributed by atoms with E-state index in [-0.39, 0.29) is 0 Å². The lowest BCUT2D eigenvalue weighted by Crippen LogP contribution is -2.32. The molecule has 0 unspecified atom stereocenters. The lowest BCUT2D eigenvalue weighted by atomic mass is 10.4. The van der Waals surface area contributed by atoms with Crippen molar-refractivity contribution in [1.82, 2.24) is 10.3 Å². The van der Waals surface area contributed by atoms with Crippen molar-refractivity contribution in [2.45, 2.75) is 33.2 Å². The summed E-state index contributed by atoms with van der Waals surface area (Å²) >= 11 is 1.70. The number of nitrogens with two attached hydrogens (primary N) is 1. The van der Waals surface area contributed by atoms with E-state index in [9.17, 15) is 0 Å². The Balaban J connectivity index is 2.41. The number of rotatable bonds is 5. The van der Waals surface area contributed by atoms with Gasteiger partial charge in [-0.25, -0.2) is 9.98 Å². The molecular weight excluding hydrogens is 208 g/mol. The first kappa shape index (κ1) is 12.0. The summed E-state index contributed by atoms with van der Waals surface area (Å²) in [6.07, 6.45) is 3.99. The van der Waals surface area contributed by atoms with E-state index in [1.807, 2.05) is 6.20 Å². The van der Waals surface area contributed by atoms with Gasteiger partial charge in [0.25, 0.3) is 0 Å². The van der Waals surface area contributed by atoms with Gasteiger partial charge < -0.3 is 11.1 Å². The third kappa shape index (κ3) is 4.29. The Hall–Kier alpha value is -1.10. The minimum absolute atomic E-state index is 0.505. The second-order valence-electron chi connectivity index (χ2n) is 3.20. The summed E-state index contributed by atoms with van der Waals surface area (Å²) in [5, 5.41) is 4.05. The number of nitrogens with one attached hydrogen (secondary N) is 1. The molecule has 4 nitrogen and oxygen atoms in total. The summed E-state index contributed by atoms with van der Waals surface area (Å²) in [7, 11) is 0. The predicted octanol–water partition coefficient (Wildman–Crippen LogP) is 1.52. The van der Waals surface area contributed by atoms with Crippen molar-refractivity contribution in [2.75, 3.05) is 6.54 Å². The van der Waals surface area contributed by atoms with Crippen LogP contribution in [0.3, 0.4) is 0 Å². The summed E-state index contributed by atoms with van der Waals surface area (Å²) in [4.78, 5) is 9.77. The van der Waals surface area contributed by atoms with Crippen LogP contribution < -0.4 is 11.1 Å². The molecule has 0 aliphatic rings. The van der Waals surface area contributed by atoms with E-state index < -0.39 is 0 Å². The van der Waals surface area contributed by atoms with E-state index in [0.29, 0.717) is 12.5 Å². The van der Waals surface area contributed by atoms with Crippen molar-refractivity contribution >= 4 is 17.3 Å². The number of aryl methyl sites for hydroxylation is 1. The van der Waals surface area contributed by atoms with Crippen LogP contribution in [-0.2, 0) is 13.0 Å². The Bertz CT molecular complexity index is 319. The molecule has 1 heterocycles. The number of nitrogens with zero attached hydrogens (tertiary/aromatic N) is 2. The van der Waals surface area contributed by atoms with E-state index in [4.69, 9.17) is 5.73 Å². The molecule has 15 heavy (non-hydrogen) atoms. The van der Waals surface area contributed by atoms with E-state index in [0.717, 1.165) is 24.4 Å². The van der Waals surface area contributed by atoms with Crippen LogP contribution in [0.15, 0.2) is 11.2 Å². The number of hydrogen-bond acceptors (Lipinski definition) is 3. The van der Waals surface area contributed by atoms with Crippen LogP contribution in [0.25, 0.3) is 0 Å². The number of guanidine groups is 1. The molecule has 0 bridgehead atoms. The van der Waals surface area contributed by atoms with Gasteiger partial charge in [0, 0.05) is 17.6 Å². The fraction of sp³-hybridized carbons (Fsp3) is 0.600. The zero-order valence-corrected chi connectivity index (χ0v) is 10.1. The largest absolute Gasteiger partial charge is 0.370 e. The number of thiazole rings is 1. The Kier molecular flexibility index (Phi) is 5.10. The van der Waals surface area contributed by atoms with Crippen LogP contribution in [0.2, 0.25) is 0 Å². The maximum atomic E-state index is 5.66. The molecule has 0 aliphatic carbocycles. The maximum absolute atomic E-state index is 5.66. The Morgan fingerprint density at radius 2 is 2.40 bits per heavy atom. The van der Waals surface area contributed by atoms with Crippen molar-refractivity contribution in [3.63, 3.8) is 0 Å². The second-order valence-corrected chi connectivity index (χ2v) is 4.40. The molecule has 84 valence electrons. The fourth-order valence-electron chi connectivity index (χ4n) is 1.05. The molecule has 5 heteroatoms. The summed E-state index contributed by atoms with van der Waals surface area (Å²) in [6.45, 7) is 5.66. The normalized spacial score (nSPS) is 11.7. The van der Waals surface area contributed by atoms with Crippen LogP contribution >= 0.6 is 11.3 Å². The summed E-state index contributed by atoms with van der Waals surface area (Å²) in [6, 6.07) is 0. The van der Waals surface area contributed by atoms with Crippen molar-refractivity contribution < 1.29 is 0 Å². The van der Waals surface area contributed by atoms with Crippen molar-refractivity contribution in [1.29, 1.82) is 0 Å². The molecule has 0 aliphatic heterocycles. The summed E-state index contributed by atoms with van der Waals surface area (Å²) in [5.74, 6) is 0.505. The minimum Gasteiger partial charge on any atom is -0.370 e. The van der Waals surface area contributed by atoms with Crippen LogP contribution in [0.1, 0.15) is 30.2 Å². The molecule has 1 aromatic heterocycles. The summed E-state index contributed by atoms with van der Waals surface area (Å²) in [5.41, 5.74) is 5.66. The highest BCUT2D eigenvalue weighted by Gasteiger charge is 1.99. The van der Waals surface area contributed by atoms with Gasteiger partial charge in [0.15, 0.2) is 5.96 Å². The molecule has 0 aromatic carbocycles. The van der Waals surface area contributed by atoms with E-state index in [1.165, 1.54) is 4.88 Å². The molecule has 1 aromatic rings. The van der Waals surface area contributed by atoms with Crippen molar-refractivity contribution in [3.8, 4) is 0 Å². The van der Waals surface area contributed by atoms with E-state index >= 15 is 0 Å². The maximum Gasteiger partial charge on any atom is 0.189 e. The predicted molar refractivity (Wildman–Crippen MR) is 65.1 cm³/mol. The first-order chi connectivity index (χ1) is 7.26. The van der Waals surface area contributed by atoms with Gasteiger partial charge in [-0.15, -0.1) is 11.3 Å². The molecular formula is C10H18N4S. The first-order valence-electron chi connectivity index (χ1n) is 5.23. The van der Waals surface area contributed by atoms with E-state index in [1.54, 1.807) is 11.3 Å². The molecule has 0 atom stereocenters. The second kappa shape index (κ2) is 6.40. The number of aliphatic imine (C=N–C) groups is 1. The van der Waals surface area contributed by atoms with Gasteiger partial charge in [0.1, 0.15) is 5.01 Å². The van der Waals surface area contributed by atoms with Gasteiger partial charge in [0.05, 0.1) is 6.54 Å². The zero-order chi connectivity index (χ0) is 11.1. The van der Waals surface area contributed by atoms with E-state index in [2.05, 4.69) is 29.1 Å². The minimum atomic E-state index is 0.505. The monoisotopic (exact) mass is 226 g/mol. The molecule has 1 rings (SSSR count). The molecule has 0 spiro atoms.